The second-order valence-electron chi connectivity index (χ2n) is 6.86. The predicted molar refractivity (Wildman–Crippen MR) is 105 cm³/mol. The summed E-state index contributed by atoms with van der Waals surface area (Å²) in [6.45, 7) is 4.35. The summed E-state index contributed by atoms with van der Waals surface area (Å²) < 4.78 is 5.38. The molecule has 0 aliphatic carbocycles. The van der Waals surface area contributed by atoms with Gasteiger partial charge < -0.3 is 20.7 Å². The minimum Gasteiger partial charge on any atom is -0.445 e. The van der Waals surface area contributed by atoms with Gasteiger partial charge in [0.1, 0.15) is 6.61 Å². The summed E-state index contributed by atoms with van der Waals surface area (Å²) in [7, 11) is 1.60. The molecule has 6 heteroatoms. The molecule has 1 aliphatic rings. The first kappa shape index (κ1) is 18.8. The average Bonchev–Trinajstić information content (AvgIpc) is 2.69. The van der Waals surface area contributed by atoms with Gasteiger partial charge >= 0.3 is 6.09 Å². The van der Waals surface area contributed by atoms with Gasteiger partial charge in [-0.05, 0) is 36.2 Å². The highest BCUT2D eigenvalue weighted by Gasteiger charge is 2.33. The van der Waals surface area contributed by atoms with Crippen molar-refractivity contribution in [3.63, 3.8) is 0 Å². The van der Waals surface area contributed by atoms with Gasteiger partial charge in [0.15, 0.2) is 0 Å². The van der Waals surface area contributed by atoms with E-state index in [1.165, 1.54) is 0 Å². The maximum absolute atomic E-state index is 12.4. The molecular formula is C21H25N3O3. The monoisotopic (exact) mass is 367 g/mol. The lowest BCUT2D eigenvalue weighted by Gasteiger charge is -2.37. The second-order valence-corrected chi connectivity index (χ2v) is 6.86. The van der Waals surface area contributed by atoms with Crippen LogP contribution in [0.5, 0.6) is 0 Å². The first-order valence-corrected chi connectivity index (χ1v) is 9.09. The molecule has 2 amide bonds. The summed E-state index contributed by atoms with van der Waals surface area (Å²) in [5, 5.41) is 9.04. The largest absolute Gasteiger partial charge is 0.445 e. The van der Waals surface area contributed by atoms with E-state index in [4.69, 9.17) is 4.74 Å². The maximum atomic E-state index is 12.4. The van der Waals surface area contributed by atoms with Gasteiger partial charge in [-0.25, -0.2) is 4.79 Å². The van der Waals surface area contributed by atoms with Crippen molar-refractivity contribution < 1.29 is 14.3 Å². The van der Waals surface area contributed by atoms with E-state index in [-0.39, 0.29) is 30.5 Å². The minimum atomic E-state index is -0.471. The van der Waals surface area contributed by atoms with Gasteiger partial charge in [0.05, 0.1) is 6.04 Å². The number of hydrogen-bond donors (Lipinski definition) is 3. The zero-order chi connectivity index (χ0) is 19.4. The molecular weight excluding hydrogens is 342 g/mol. The van der Waals surface area contributed by atoms with Gasteiger partial charge in [0.25, 0.3) is 5.91 Å². The highest BCUT2D eigenvalue weighted by Crippen LogP contribution is 2.37. The quantitative estimate of drug-likeness (QED) is 0.773. The van der Waals surface area contributed by atoms with E-state index in [1.54, 1.807) is 13.1 Å². The molecule has 2 aromatic carbocycles. The highest BCUT2D eigenvalue weighted by atomic mass is 16.5. The van der Waals surface area contributed by atoms with Crippen molar-refractivity contribution in [2.24, 2.45) is 5.92 Å². The van der Waals surface area contributed by atoms with E-state index < -0.39 is 6.09 Å². The fraction of sp³-hybridized carbons (Fsp3) is 0.333. The highest BCUT2D eigenvalue weighted by molar-refractivity contribution is 5.94. The van der Waals surface area contributed by atoms with Crippen molar-refractivity contribution in [1.29, 1.82) is 0 Å². The molecule has 27 heavy (non-hydrogen) atoms. The molecule has 0 radical (unpaired) electrons. The number of rotatable bonds is 4. The molecule has 3 atom stereocenters. The van der Waals surface area contributed by atoms with Crippen molar-refractivity contribution in [2.75, 3.05) is 12.4 Å². The Morgan fingerprint density at radius 3 is 2.56 bits per heavy atom. The molecule has 3 N–H and O–H groups in total. The molecule has 6 nitrogen and oxygen atoms in total. The molecule has 142 valence electrons. The maximum Gasteiger partial charge on any atom is 0.407 e. The summed E-state index contributed by atoms with van der Waals surface area (Å²) in [6, 6.07) is 15.0. The number of ether oxygens (including phenoxy) is 1. The number of hydrogen-bond acceptors (Lipinski definition) is 4. The summed E-state index contributed by atoms with van der Waals surface area (Å²) in [4.78, 5) is 24.4. The van der Waals surface area contributed by atoms with Gasteiger partial charge in [0.2, 0.25) is 0 Å². The molecule has 0 aromatic heterocycles. The van der Waals surface area contributed by atoms with Crippen LogP contribution in [0, 0.1) is 5.92 Å². The molecule has 2 aromatic rings. The molecule has 3 rings (SSSR count). The molecule has 0 saturated heterocycles. The average molecular weight is 367 g/mol. The van der Waals surface area contributed by atoms with Crippen LogP contribution in [0.15, 0.2) is 48.5 Å². The molecule has 0 spiro atoms. The van der Waals surface area contributed by atoms with Crippen molar-refractivity contribution in [3.8, 4) is 0 Å². The van der Waals surface area contributed by atoms with Crippen LogP contribution in [0.1, 0.15) is 41.4 Å². The van der Waals surface area contributed by atoms with Crippen molar-refractivity contribution in [2.45, 2.75) is 32.5 Å². The number of fused-ring (bicyclic) bond motifs is 1. The number of anilines is 1. The van der Waals surface area contributed by atoms with Crippen LogP contribution in [0.25, 0.3) is 0 Å². The third-order valence-electron chi connectivity index (χ3n) is 5.06. The normalized spacial score (nSPS) is 20.8. The SMILES string of the molecule is CNC(=O)c1ccc2c(c1)[C@H](NC(=O)OCc1ccccc1)[C@H](C)[C@H](C)N2. The number of nitrogens with one attached hydrogen (secondary N) is 3. The number of benzene rings is 2. The summed E-state index contributed by atoms with van der Waals surface area (Å²) >= 11 is 0. The number of alkyl carbamates (subject to hydrolysis) is 1. The Balaban J connectivity index is 1.77. The van der Waals surface area contributed by atoms with Gasteiger partial charge in [0, 0.05) is 30.3 Å². The summed E-state index contributed by atoms with van der Waals surface area (Å²) in [5.41, 5.74) is 3.30. The predicted octanol–water partition coefficient (Wildman–Crippen LogP) is 3.46. The van der Waals surface area contributed by atoms with Gasteiger partial charge in [-0.15, -0.1) is 0 Å². The second kappa shape index (κ2) is 8.12. The lowest BCUT2D eigenvalue weighted by molar-refractivity contribution is 0.0963. The number of carbonyl (C=O) groups excluding carboxylic acids is 2. The zero-order valence-electron chi connectivity index (χ0n) is 15.8. The van der Waals surface area contributed by atoms with Gasteiger partial charge in [-0.3, -0.25) is 4.79 Å². The fourth-order valence-corrected chi connectivity index (χ4v) is 3.29. The minimum absolute atomic E-state index is 0.127. The van der Waals surface area contributed by atoms with E-state index in [0.29, 0.717) is 5.56 Å². The first-order valence-electron chi connectivity index (χ1n) is 9.09. The van der Waals surface area contributed by atoms with Crippen molar-refractivity contribution in [1.82, 2.24) is 10.6 Å². The topological polar surface area (TPSA) is 79.5 Å². The van der Waals surface area contributed by atoms with Gasteiger partial charge in [-0.2, -0.15) is 0 Å². The molecule has 0 unspecified atom stereocenters. The summed E-state index contributed by atoms with van der Waals surface area (Å²) in [5.74, 6) is -0.0313. The van der Waals surface area contributed by atoms with Crippen molar-refractivity contribution in [3.05, 3.63) is 65.2 Å². The smallest absolute Gasteiger partial charge is 0.407 e. The van der Waals surface area contributed by atoms with Crippen LogP contribution in [-0.4, -0.2) is 25.1 Å². The lowest BCUT2D eigenvalue weighted by Crippen LogP contribution is -2.43. The van der Waals surface area contributed by atoms with E-state index in [1.807, 2.05) is 42.5 Å². The molecule has 0 fully saturated rings. The van der Waals surface area contributed by atoms with Crippen LogP contribution in [-0.2, 0) is 11.3 Å². The molecule has 0 saturated carbocycles. The Bertz CT molecular complexity index is 823. The zero-order valence-corrected chi connectivity index (χ0v) is 15.8. The van der Waals surface area contributed by atoms with Crippen molar-refractivity contribution >= 4 is 17.7 Å². The number of amides is 2. The van der Waals surface area contributed by atoms with E-state index in [9.17, 15) is 9.59 Å². The van der Waals surface area contributed by atoms with E-state index >= 15 is 0 Å². The summed E-state index contributed by atoms with van der Waals surface area (Å²) in [6.07, 6.45) is -0.471. The van der Waals surface area contributed by atoms with Crippen LogP contribution in [0.3, 0.4) is 0 Å². The Kier molecular flexibility index (Phi) is 5.64. The van der Waals surface area contributed by atoms with E-state index in [2.05, 4.69) is 29.8 Å². The molecule has 1 heterocycles. The van der Waals surface area contributed by atoms with Gasteiger partial charge in [-0.1, -0.05) is 37.3 Å². The Labute approximate surface area is 159 Å². The molecule has 0 bridgehead atoms. The third-order valence-corrected chi connectivity index (χ3v) is 5.06. The van der Waals surface area contributed by atoms with Crippen LogP contribution in [0.4, 0.5) is 10.5 Å². The lowest BCUT2D eigenvalue weighted by atomic mass is 9.84. The van der Waals surface area contributed by atoms with Crippen LogP contribution < -0.4 is 16.0 Å². The standard InChI is InChI=1S/C21H25N3O3/c1-13-14(2)23-18-10-9-16(20(25)22-3)11-17(18)19(13)24-21(26)27-12-15-7-5-4-6-8-15/h4-11,13-14,19,23H,12H2,1-3H3,(H,22,25)(H,24,26)/t13-,14+,19-/m1/s1. The Morgan fingerprint density at radius 1 is 1.11 bits per heavy atom. The fourth-order valence-electron chi connectivity index (χ4n) is 3.29. The van der Waals surface area contributed by atoms with E-state index in [0.717, 1.165) is 16.8 Å². The van der Waals surface area contributed by atoms with Crippen LogP contribution in [0.2, 0.25) is 0 Å². The third kappa shape index (κ3) is 4.22. The Morgan fingerprint density at radius 2 is 1.85 bits per heavy atom. The van der Waals surface area contributed by atoms with Crippen LogP contribution >= 0.6 is 0 Å². The molecule has 1 aliphatic heterocycles. The Hall–Kier alpha value is -3.02. The number of carbonyl (C=O) groups is 2. The first-order chi connectivity index (χ1) is 13.0.